The highest BCUT2D eigenvalue weighted by atomic mass is 35.5. The first-order valence-electron chi connectivity index (χ1n) is 7.60. The van der Waals surface area contributed by atoms with Crippen molar-refractivity contribution in [3.8, 4) is 0 Å². The molecular formula is C15H12Cl4N2O5S. The summed E-state index contributed by atoms with van der Waals surface area (Å²) < 4.78 is 23.3. The van der Waals surface area contributed by atoms with Gasteiger partial charge in [-0.3, -0.25) is 19.3 Å². The van der Waals surface area contributed by atoms with Crippen LogP contribution in [0.1, 0.15) is 34.1 Å². The minimum absolute atomic E-state index is 0.0426. The third-order valence-corrected chi connectivity index (χ3v) is 8.14. The maximum Gasteiger partial charge on any atom is 0.263 e. The molecule has 0 aromatic heterocycles. The van der Waals surface area contributed by atoms with E-state index in [1.54, 1.807) is 6.92 Å². The van der Waals surface area contributed by atoms with Gasteiger partial charge in [0.1, 0.15) is 6.54 Å². The number of amides is 3. The molecule has 1 unspecified atom stereocenters. The molecule has 1 saturated heterocycles. The molecule has 2 aliphatic rings. The summed E-state index contributed by atoms with van der Waals surface area (Å²) in [4.78, 5) is 38.2. The molecule has 1 atom stereocenters. The van der Waals surface area contributed by atoms with Gasteiger partial charge in [-0.05, 0) is 13.3 Å². The van der Waals surface area contributed by atoms with Gasteiger partial charge in [-0.15, -0.1) is 0 Å². The molecule has 3 rings (SSSR count). The van der Waals surface area contributed by atoms with Crippen molar-refractivity contribution in [2.24, 2.45) is 0 Å². The van der Waals surface area contributed by atoms with E-state index in [0.29, 0.717) is 4.90 Å². The number of imide groups is 1. The molecule has 7 nitrogen and oxygen atoms in total. The predicted octanol–water partition coefficient (Wildman–Crippen LogP) is 2.59. The van der Waals surface area contributed by atoms with E-state index < -0.39 is 39.6 Å². The number of halogens is 4. The van der Waals surface area contributed by atoms with Crippen molar-refractivity contribution in [2.75, 3.05) is 18.1 Å². The number of hydrogen-bond acceptors (Lipinski definition) is 5. The minimum atomic E-state index is -3.24. The molecule has 3 amide bonds. The number of carbonyl (C=O) groups is 3. The van der Waals surface area contributed by atoms with Crippen LogP contribution in [0.2, 0.25) is 20.1 Å². The standard InChI is InChI=1S/C15H12Cl4N2O5S/c1-15(2-3-27(25,26)5-15)20-6(22)4-21-13(23)7-8(14(21)24)10(17)12(19)11(18)9(7)16/h2-5H2,1H3,(H,20,22). The monoisotopic (exact) mass is 472 g/mol. The fourth-order valence-electron chi connectivity index (χ4n) is 3.17. The molecule has 27 heavy (non-hydrogen) atoms. The van der Waals surface area contributed by atoms with E-state index in [1.165, 1.54) is 0 Å². The second kappa shape index (κ2) is 6.77. The zero-order valence-electron chi connectivity index (χ0n) is 13.7. The van der Waals surface area contributed by atoms with Gasteiger partial charge in [0, 0.05) is 0 Å². The van der Waals surface area contributed by atoms with Crippen LogP contribution >= 0.6 is 46.4 Å². The van der Waals surface area contributed by atoms with Crippen LogP contribution in [-0.2, 0) is 14.6 Å². The van der Waals surface area contributed by atoms with Crippen LogP contribution in [0.25, 0.3) is 0 Å². The zero-order chi connectivity index (χ0) is 20.3. The van der Waals surface area contributed by atoms with Gasteiger partial charge < -0.3 is 5.32 Å². The lowest BCUT2D eigenvalue weighted by Gasteiger charge is -2.25. The topological polar surface area (TPSA) is 101 Å². The van der Waals surface area contributed by atoms with Crippen molar-refractivity contribution in [3.63, 3.8) is 0 Å². The predicted molar refractivity (Wildman–Crippen MR) is 102 cm³/mol. The number of nitrogens with zero attached hydrogens (tertiary/aromatic N) is 1. The molecule has 12 heteroatoms. The van der Waals surface area contributed by atoms with Crippen LogP contribution in [0.3, 0.4) is 0 Å². The van der Waals surface area contributed by atoms with Gasteiger partial charge in [-0.2, -0.15) is 0 Å². The Kier molecular flexibility index (Phi) is 5.18. The minimum Gasteiger partial charge on any atom is -0.348 e. The highest BCUT2D eigenvalue weighted by Crippen LogP contribution is 2.44. The number of benzene rings is 1. The molecule has 1 aromatic rings. The lowest BCUT2D eigenvalue weighted by Crippen LogP contribution is -2.51. The summed E-state index contributed by atoms with van der Waals surface area (Å²) in [6.45, 7) is 0.967. The van der Waals surface area contributed by atoms with E-state index in [2.05, 4.69) is 5.32 Å². The van der Waals surface area contributed by atoms with Crippen molar-refractivity contribution in [3.05, 3.63) is 31.2 Å². The second-order valence-corrected chi connectivity index (χ2v) is 10.3. The van der Waals surface area contributed by atoms with Gasteiger partial charge in [0.05, 0.1) is 48.3 Å². The average Bonchev–Trinajstić information content (AvgIpc) is 2.97. The Balaban J connectivity index is 1.84. The fraction of sp³-hybridized carbons (Fsp3) is 0.400. The largest absolute Gasteiger partial charge is 0.348 e. The number of carbonyl (C=O) groups excluding carboxylic acids is 3. The highest BCUT2D eigenvalue weighted by molar-refractivity contribution is 7.91. The van der Waals surface area contributed by atoms with Crippen molar-refractivity contribution >= 4 is 74.0 Å². The quantitative estimate of drug-likeness (QED) is 0.413. The molecule has 0 saturated carbocycles. The molecule has 146 valence electrons. The zero-order valence-corrected chi connectivity index (χ0v) is 17.6. The van der Waals surface area contributed by atoms with E-state index in [9.17, 15) is 22.8 Å². The Hall–Kier alpha value is -1.06. The lowest BCUT2D eigenvalue weighted by atomic mass is 10.0. The molecule has 1 aromatic carbocycles. The highest BCUT2D eigenvalue weighted by Gasteiger charge is 2.44. The molecule has 0 spiro atoms. The third kappa shape index (κ3) is 3.53. The first kappa shape index (κ1) is 20.7. The number of rotatable bonds is 3. The van der Waals surface area contributed by atoms with Crippen molar-refractivity contribution in [1.29, 1.82) is 0 Å². The molecule has 0 aliphatic carbocycles. The van der Waals surface area contributed by atoms with Gasteiger partial charge >= 0.3 is 0 Å². The van der Waals surface area contributed by atoms with E-state index in [4.69, 9.17) is 46.4 Å². The molecule has 1 N–H and O–H groups in total. The van der Waals surface area contributed by atoms with Crippen molar-refractivity contribution in [2.45, 2.75) is 18.9 Å². The van der Waals surface area contributed by atoms with Crippen LogP contribution in [0, 0.1) is 0 Å². The Labute approximate surface area is 174 Å². The maximum atomic E-state index is 12.6. The molecule has 0 radical (unpaired) electrons. The Morgan fingerprint density at radius 1 is 1.04 bits per heavy atom. The maximum absolute atomic E-state index is 12.6. The van der Waals surface area contributed by atoms with E-state index in [1.807, 2.05) is 0 Å². The van der Waals surface area contributed by atoms with Crippen LogP contribution in [0.15, 0.2) is 0 Å². The van der Waals surface area contributed by atoms with Crippen molar-refractivity contribution in [1.82, 2.24) is 10.2 Å². The smallest absolute Gasteiger partial charge is 0.263 e. The Morgan fingerprint density at radius 2 is 1.52 bits per heavy atom. The van der Waals surface area contributed by atoms with Gasteiger partial charge in [-0.25, -0.2) is 8.42 Å². The van der Waals surface area contributed by atoms with Crippen molar-refractivity contribution < 1.29 is 22.8 Å². The van der Waals surface area contributed by atoms with Gasteiger partial charge in [0.15, 0.2) is 9.84 Å². The normalized spacial score (nSPS) is 23.7. The summed E-state index contributed by atoms with van der Waals surface area (Å²) in [6.07, 6.45) is 0.242. The first-order valence-corrected chi connectivity index (χ1v) is 10.9. The molecule has 0 bridgehead atoms. The fourth-order valence-corrected chi connectivity index (χ4v) is 6.28. The summed E-state index contributed by atoms with van der Waals surface area (Å²) in [5, 5.41) is 1.79. The summed E-state index contributed by atoms with van der Waals surface area (Å²) in [5.74, 6) is -2.61. The average molecular weight is 474 g/mol. The van der Waals surface area contributed by atoms with Crippen LogP contribution in [0.5, 0.6) is 0 Å². The Bertz CT molecular complexity index is 963. The lowest BCUT2D eigenvalue weighted by molar-refractivity contribution is -0.122. The van der Waals surface area contributed by atoms with Gasteiger partial charge in [-0.1, -0.05) is 46.4 Å². The number of fused-ring (bicyclic) bond motifs is 1. The summed E-state index contributed by atoms with van der Waals surface area (Å²) in [6, 6.07) is 0. The number of sulfone groups is 1. The second-order valence-electron chi connectivity index (χ2n) is 6.65. The van der Waals surface area contributed by atoms with E-state index in [-0.39, 0.29) is 49.1 Å². The number of nitrogens with one attached hydrogen (secondary N) is 1. The SMILES string of the molecule is CC1(NC(=O)CN2C(=O)c3c(Cl)c(Cl)c(Cl)c(Cl)c3C2=O)CCS(=O)(=O)C1. The van der Waals surface area contributed by atoms with Crippen LogP contribution in [-0.4, -0.2) is 54.6 Å². The Morgan fingerprint density at radius 3 is 1.93 bits per heavy atom. The molecule has 2 heterocycles. The van der Waals surface area contributed by atoms with Crippen LogP contribution < -0.4 is 5.32 Å². The van der Waals surface area contributed by atoms with E-state index >= 15 is 0 Å². The first-order chi connectivity index (χ1) is 12.4. The summed E-state index contributed by atoms with van der Waals surface area (Å²) in [5.41, 5.74) is -1.40. The molecule has 2 aliphatic heterocycles. The van der Waals surface area contributed by atoms with Gasteiger partial charge in [0.25, 0.3) is 11.8 Å². The molecule has 1 fully saturated rings. The summed E-state index contributed by atoms with van der Waals surface area (Å²) >= 11 is 23.9. The van der Waals surface area contributed by atoms with E-state index in [0.717, 1.165) is 0 Å². The summed E-state index contributed by atoms with van der Waals surface area (Å²) in [7, 11) is -3.24. The van der Waals surface area contributed by atoms with Crippen LogP contribution in [0.4, 0.5) is 0 Å². The number of hydrogen-bond donors (Lipinski definition) is 1. The molecular weight excluding hydrogens is 462 g/mol. The third-order valence-electron chi connectivity index (χ3n) is 4.43. The van der Waals surface area contributed by atoms with Gasteiger partial charge in [0.2, 0.25) is 5.91 Å².